The molecule has 84 valence electrons. The maximum absolute atomic E-state index is 11.1. The summed E-state index contributed by atoms with van der Waals surface area (Å²) in [6.45, 7) is 1.81. The molecule has 0 radical (unpaired) electrons. The molecular formula is C10H15NO3S. The molecule has 0 fully saturated rings. The molecule has 0 bridgehead atoms. The second kappa shape index (κ2) is 6.42. The van der Waals surface area contributed by atoms with Crippen LogP contribution in [-0.2, 0) is 11.2 Å². The topological polar surface area (TPSA) is 58.6 Å². The maximum Gasteiger partial charge on any atom is 0.407 e. The number of alkyl carbamates (subject to hydrolysis) is 1. The molecule has 0 spiro atoms. The third kappa shape index (κ3) is 4.80. The summed E-state index contributed by atoms with van der Waals surface area (Å²) in [6.07, 6.45) is 0.319. The molecule has 2 N–H and O–H groups in total. The van der Waals surface area contributed by atoms with Gasteiger partial charge in [0.15, 0.2) is 0 Å². The molecule has 1 rings (SSSR count). The molecule has 4 nitrogen and oxygen atoms in total. The van der Waals surface area contributed by atoms with Crippen LogP contribution in [0.1, 0.15) is 11.8 Å². The molecular weight excluding hydrogens is 214 g/mol. The summed E-state index contributed by atoms with van der Waals surface area (Å²) in [5.74, 6) is 0. The van der Waals surface area contributed by atoms with Crippen LogP contribution in [0.5, 0.6) is 0 Å². The number of nitrogens with one attached hydrogen (secondary N) is 1. The maximum atomic E-state index is 11.1. The molecule has 1 amide bonds. The number of aliphatic hydroxyl groups excluding tert-OH is 1. The lowest BCUT2D eigenvalue weighted by Crippen LogP contribution is -2.34. The fraction of sp³-hybridized carbons (Fsp3) is 0.500. The molecule has 0 aliphatic carbocycles. The molecule has 1 unspecified atom stereocenters. The smallest absolute Gasteiger partial charge is 0.407 e. The van der Waals surface area contributed by atoms with Gasteiger partial charge >= 0.3 is 6.09 Å². The number of rotatable bonds is 5. The first kappa shape index (κ1) is 12.0. The van der Waals surface area contributed by atoms with Crippen LogP contribution in [0.2, 0.25) is 0 Å². The highest BCUT2D eigenvalue weighted by Gasteiger charge is 2.08. The Bertz CT molecular complexity index is 287. The number of aliphatic hydroxyl groups is 1. The number of carbonyl (C=O) groups excluding carboxylic acids is 1. The second-order valence-corrected chi connectivity index (χ2v) is 4.22. The van der Waals surface area contributed by atoms with Crippen molar-refractivity contribution in [2.75, 3.05) is 13.2 Å². The van der Waals surface area contributed by atoms with Crippen molar-refractivity contribution in [3.05, 3.63) is 22.4 Å². The highest BCUT2D eigenvalue weighted by molar-refractivity contribution is 7.09. The molecule has 15 heavy (non-hydrogen) atoms. The Kier molecular flexibility index (Phi) is 5.14. The van der Waals surface area contributed by atoms with Gasteiger partial charge in [-0.1, -0.05) is 6.07 Å². The summed E-state index contributed by atoms with van der Waals surface area (Å²) in [5.41, 5.74) is 0. The molecule has 1 atom stereocenters. The van der Waals surface area contributed by atoms with Crippen LogP contribution in [0.3, 0.4) is 0 Å². The number of amides is 1. The molecule has 5 heteroatoms. The van der Waals surface area contributed by atoms with Gasteiger partial charge in [-0.3, -0.25) is 0 Å². The van der Waals surface area contributed by atoms with E-state index in [1.165, 1.54) is 4.88 Å². The number of thiophene rings is 1. The van der Waals surface area contributed by atoms with E-state index in [2.05, 4.69) is 10.1 Å². The quantitative estimate of drug-likeness (QED) is 0.802. The third-order valence-corrected chi connectivity index (χ3v) is 2.67. The Hall–Kier alpha value is -1.07. The molecule has 0 saturated heterocycles. The second-order valence-electron chi connectivity index (χ2n) is 3.19. The summed E-state index contributed by atoms with van der Waals surface area (Å²) >= 11 is 1.66. The molecule has 1 aromatic rings. The Labute approximate surface area is 92.9 Å². The first-order valence-corrected chi connectivity index (χ1v) is 5.67. The SMILES string of the molecule is CC(Cc1cccs1)NC(=O)OCCO. The van der Waals surface area contributed by atoms with Crippen LogP contribution < -0.4 is 5.32 Å². The van der Waals surface area contributed by atoms with Crippen molar-refractivity contribution < 1.29 is 14.6 Å². The summed E-state index contributed by atoms with van der Waals surface area (Å²) in [5, 5.41) is 13.1. The molecule has 0 saturated carbocycles. The van der Waals surface area contributed by atoms with E-state index in [-0.39, 0.29) is 19.3 Å². The fourth-order valence-corrected chi connectivity index (χ4v) is 2.00. The zero-order valence-corrected chi connectivity index (χ0v) is 9.42. The Morgan fingerprint density at radius 3 is 3.13 bits per heavy atom. The normalized spacial score (nSPS) is 12.1. The van der Waals surface area contributed by atoms with Gasteiger partial charge in [-0.25, -0.2) is 4.79 Å². The largest absolute Gasteiger partial charge is 0.447 e. The van der Waals surface area contributed by atoms with Gasteiger partial charge in [-0.2, -0.15) is 0 Å². The van der Waals surface area contributed by atoms with E-state index < -0.39 is 6.09 Å². The Morgan fingerprint density at radius 2 is 2.53 bits per heavy atom. The lowest BCUT2D eigenvalue weighted by molar-refractivity contribution is 0.117. The van der Waals surface area contributed by atoms with Crippen LogP contribution in [0.15, 0.2) is 17.5 Å². The highest BCUT2D eigenvalue weighted by atomic mass is 32.1. The predicted molar refractivity (Wildman–Crippen MR) is 59.1 cm³/mol. The summed E-state index contributed by atoms with van der Waals surface area (Å²) in [4.78, 5) is 12.3. The van der Waals surface area contributed by atoms with Gasteiger partial charge in [0.05, 0.1) is 6.61 Å². The van der Waals surface area contributed by atoms with Crippen LogP contribution in [-0.4, -0.2) is 30.5 Å². The predicted octanol–water partition coefficient (Wildman–Crippen LogP) is 1.40. The van der Waals surface area contributed by atoms with E-state index in [0.717, 1.165) is 6.42 Å². The first-order valence-electron chi connectivity index (χ1n) is 4.79. The van der Waals surface area contributed by atoms with E-state index in [1.807, 2.05) is 24.4 Å². The number of hydrogen-bond donors (Lipinski definition) is 2. The van der Waals surface area contributed by atoms with Crippen molar-refractivity contribution in [2.45, 2.75) is 19.4 Å². The van der Waals surface area contributed by atoms with Gasteiger partial charge < -0.3 is 15.2 Å². The highest BCUT2D eigenvalue weighted by Crippen LogP contribution is 2.10. The number of ether oxygens (including phenoxy) is 1. The lowest BCUT2D eigenvalue weighted by Gasteiger charge is -2.12. The van der Waals surface area contributed by atoms with Crippen molar-refractivity contribution in [3.63, 3.8) is 0 Å². The minimum absolute atomic E-state index is 0.0369. The first-order chi connectivity index (χ1) is 7.22. The number of carbonyl (C=O) groups is 1. The summed E-state index contributed by atoms with van der Waals surface area (Å²) in [6, 6.07) is 4.05. The van der Waals surface area contributed by atoms with E-state index >= 15 is 0 Å². The average Bonchev–Trinajstić information content (AvgIpc) is 2.67. The van der Waals surface area contributed by atoms with Crippen LogP contribution in [0.4, 0.5) is 4.79 Å². The van der Waals surface area contributed by atoms with Gasteiger partial charge in [-0.15, -0.1) is 11.3 Å². The fourth-order valence-electron chi connectivity index (χ4n) is 1.16. The van der Waals surface area contributed by atoms with Crippen molar-refractivity contribution in [1.29, 1.82) is 0 Å². The lowest BCUT2D eigenvalue weighted by atomic mass is 10.2. The van der Waals surface area contributed by atoms with Gasteiger partial charge in [0.25, 0.3) is 0 Å². The van der Waals surface area contributed by atoms with Gasteiger partial charge in [-0.05, 0) is 18.4 Å². The standard InChI is InChI=1S/C10H15NO3S/c1-8(7-9-3-2-6-15-9)11-10(13)14-5-4-12/h2-3,6,8,12H,4-5,7H2,1H3,(H,11,13). The molecule has 0 aromatic carbocycles. The van der Waals surface area contributed by atoms with Crippen LogP contribution >= 0.6 is 11.3 Å². The van der Waals surface area contributed by atoms with E-state index in [1.54, 1.807) is 11.3 Å². The van der Waals surface area contributed by atoms with Gasteiger partial charge in [0, 0.05) is 17.3 Å². The minimum atomic E-state index is -0.479. The zero-order valence-electron chi connectivity index (χ0n) is 8.60. The van der Waals surface area contributed by atoms with E-state index in [9.17, 15) is 4.79 Å². The monoisotopic (exact) mass is 229 g/mol. The third-order valence-electron chi connectivity index (χ3n) is 1.78. The Balaban J connectivity index is 2.23. The average molecular weight is 229 g/mol. The van der Waals surface area contributed by atoms with Gasteiger partial charge in [0.2, 0.25) is 0 Å². The molecule has 0 aliphatic rings. The van der Waals surface area contributed by atoms with Crippen molar-refractivity contribution >= 4 is 17.4 Å². The zero-order chi connectivity index (χ0) is 11.1. The van der Waals surface area contributed by atoms with Crippen molar-refractivity contribution in [2.24, 2.45) is 0 Å². The summed E-state index contributed by atoms with van der Waals surface area (Å²) in [7, 11) is 0. The summed E-state index contributed by atoms with van der Waals surface area (Å²) < 4.78 is 4.68. The van der Waals surface area contributed by atoms with Gasteiger partial charge in [0.1, 0.15) is 6.61 Å². The van der Waals surface area contributed by atoms with E-state index in [0.29, 0.717) is 0 Å². The minimum Gasteiger partial charge on any atom is -0.447 e. The molecule has 0 aliphatic heterocycles. The Morgan fingerprint density at radius 1 is 1.73 bits per heavy atom. The molecule has 1 heterocycles. The van der Waals surface area contributed by atoms with Crippen molar-refractivity contribution in [3.8, 4) is 0 Å². The van der Waals surface area contributed by atoms with Crippen LogP contribution in [0, 0.1) is 0 Å². The molecule has 1 aromatic heterocycles. The van der Waals surface area contributed by atoms with E-state index in [4.69, 9.17) is 5.11 Å². The number of hydrogen-bond acceptors (Lipinski definition) is 4. The van der Waals surface area contributed by atoms with Crippen LogP contribution in [0.25, 0.3) is 0 Å². The van der Waals surface area contributed by atoms with Crippen molar-refractivity contribution in [1.82, 2.24) is 5.32 Å².